The van der Waals surface area contributed by atoms with E-state index >= 15 is 0 Å². The molecule has 1 aromatic carbocycles. The summed E-state index contributed by atoms with van der Waals surface area (Å²) in [5.74, 6) is 0.318. The third kappa shape index (κ3) is 3.66. The molecule has 1 amide bonds. The van der Waals surface area contributed by atoms with E-state index < -0.39 is 0 Å². The van der Waals surface area contributed by atoms with Crippen molar-refractivity contribution in [3.8, 4) is 0 Å². The summed E-state index contributed by atoms with van der Waals surface area (Å²) < 4.78 is 0. The molecule has 1 spiro atoms. The lowest BCUT2D eigenvalue weighted by molar-refractivity contribution is -0.134. The topological polar surface area (TPSA) is 23.6 Å². The third-order valence-electron chi connectivity index (χ3n) is 5.47. The molecule has 1 aromatic rings. The van der Waals surface area contributed by atoms with Gasteiger partial charge in [-0.2, -0.15) is 0 Å². The molecule has 3 heteroatoms. The second-order valence-electron chi connectivity index (χ2n) is 6.97. The van der Waals surface area contributed by atoms with Gasteiger partial charge in [0.25, 0.3) is 0 Å². The number of likely N-dealkylation sites (tertiary alicyclic amines) is 2. The minimum absolute atomic E-state index is 0.217. The zero-order valence-corrected chi connectivity index (χ0v) is 14.0. The van der Waals surface area contributed by atoms with Crippen molar-refractivity contribution in [3.63, 3.8) is 0 Å². The Morgan fingerprint density at radius 1 is 1.17 bits per heavy atom. The van der Waals surface area contributed by atoms with Crippen LogP contribution in [0.15, 0.2) is 43.0 Å². The second-order valence-corrected chi connectivity index (χ2v) is 6.97. The maximum absolute atomic E-state index is 12.7. The highest BCUT2D eigenvalue weighted by Crippen LogP contribution is 2.37. The van der Waals surface area contributed by atoms with E-state index in [4.69, 9.17) is 0 Å². The highest BCUT2D eigenvalue weighted by atomic mass is 16.2. The lowest BCUT2D eigenvalue weighted by Crippen LogP contribution is -2.56. The maximum Gasteiger partial charge on any atom is 0.222 e. The van der Waals surface area contributed by atoms with E-state index in [0.29, 0.717) is 12.3 Å². The van der Waals surface area contributed by atoms with E-state index in [1.165, 1.54) is 24.8 Å². The molecule has 2 heterocycles. The zero-order valence-electron chi connectivity index (χ0n) is 14.0. The van der Waals surface area contributed by atoms with Crippen LogP contribution in [-0.2, 0) is 11.2 Å². The average Bonchev–Trinajstić information content (AvgIpc) is 2.96. The van der Waals surface area contributed by atoms with Crippen molar-refractivity contribution >= 4 is 5.91 Å². The van der Waals surface area contributed by atoms with Gasteiger partial charge < -0.3 is 4.90 Å². The number of piperidine rings is 1. The van der Waals surface area contributed by atoms with Gasteiger partial charge in [-0.25, -0.2) is 0 Å². The summed E-state index contributed by atoms with van der Waals surface area (Å²) in [6.45, 7) is 7.84. The van der Waals surface area contributed by atoms with Gasteiger partial charge in [0, 0.05) is 31.6 Å². The molecule has 0 radical (unpaired) electrons. The van der Waals surface area contributed by atoms with Gasteiger partial charge in [-0.15, -0.1) is 6.58 Å². The molecule has 0 aliphatic carbocycles. The standard InChI is InChI=1S/C20H28N2O/c1-2-14-22-16-7-13-20(22)12-6-15-21(17-20)19(23)11-10-18-8-4-3-5-9-18/h2-5,8-9H,1,6-7,10-17H2. The highest BCUT2D eigenvalue weighted by Gasteiger charge is 2.44. The summed E-state index contributed by atoms with van der Waals surface area (Å²) >= 11 is 0. The van der Waals surface area contributed by atoms with Crippen molar-refractivity contribution in [2.75, 3.05) is 26.2 Å². The van der Waals surface area contributed by atoms with Crippen LogP contribution >= 0.6 is 0 Å². The summed E-state index contributed by atoms with van der Waals surface area (Å²) in [7, 11) is 0. The second kappa shape index (κ2) is 7.31. The van der Waals surface area contributed by atoms with Gasteiger partial charge in [0.1, 0.15) is 0 Å². The molecule has 3 rings (SSSR count). The van der Waals surface area contributed by atoms with Crippen molar-refractivity contribution in [2.45, 2.75) is 44.1 Å². The van der Waals surface area contributed by atoms with E-state index in [9.17, 15) is 4.79 Å². The van der Waals surface area contributed by atoms with Crippen LogP contribution in [0.3, 0.4) is 0 Å². The number of nitrogens with zero attached hydrogens (tertiary/aromatic N) is 2. The Hall–Kier alpha value is -1.61. The summed E-state index contributed by atoms with van der Waals surface area (Å²) in [5, 5.41) is 0. The lowest BCUT2D eigenvalue weighted by atomic mass is 9.86. The summed E-state index contributed by atoms with van der Waals surface area (Å²) in [4.78, 5) is 17.3. The first-order chi connectivity index (χ1) is 11.2. The van der Waals surface area contributed by atoms with Crippen LogP contribution in [0.4, 0.5) is 0 Å². The Morgan fingerprint density at radius 3 is 2.65 bits per heavy atom. The molecule has 2 saturated heterocycles. The Labute approximate surface area is 140 Å². The van der Waals surface area contributed by atoms with Gasteiger partial charge in [-0.3, -0.25) is 9.69 Å². The van der Waals surface area contributed by atoms with Crippen LogP contribution in [-0.4, -0.2) is 47.4 Å². The minimum Gasteiger partial charge on any atom is -0.341 e. The number of benzene rings is 1. The van der Waals surface area contributed by atoms with Gasteiger partial charge in [0.05, 0.1) is 0 Å². The molecule has 2 aliphatic rings. The summed E-state index contributed by atoms with van der Waals surface area (Å²) in [6.07, 6.45) is 8.31. The van der Waals surface area contributed by atoms with E-state index in [2.05, 4.69) is 28.5 Å². The number of amides is 1. The molecule has 3 nitrogen and oxygen atoms in total. The van der Waals surface area contributed by atoms with E-state index in [0.717, 1.165) is 39.0 Å². The normalized spacial score (nSPS) is 25.0. The molecule has 0 N–H and O–H groups in total. The number of hydrogen-bond acceptors (Lipinski definition) is 2. The molecule has 1 atom stereocenters. The Kier molecular flexibility index (Phi) is 5.16. The number of rotatable bonds is 5. The van der Waals surface area contributed by atoms with E-state index in [-0.39, 0.29) is 5.54 Å². The maximum atomic E-state index is 12.7. The molecule has 0 aromatic heterocycles. The van der Waals surface area contributed by atoms with Crippen molar-refractivity contribution in [1.82, 2.24) is 9.80 Å². The summed E-state index contributed by atoms with van der Waals surface area (Å²) in [6, 6.07) is 10.3. The van der Waals surface area contributed by atoms with Crippen molar-refractivity contribution in [1.29, 1.82) is 0 Å². The first kappa shape index (κ1) is 16.3. The fourth-order valence-corrected chi connectivity index (χ4v) is 4.28. The number of hydrogen-bond donors (Lipinski definition) is 0. The molecule has 2 aliphatic heterocycles. The first-order valence-electron chi connectivity index (χ1n) is 8.91. The molecule has 1 unspecified atom stereocenters. The Bertz CT molecular complexity index is 542. The Balaban J connectivity index is 1.59. The van der Waals surface area contributed by atoms with Crippen LogP contribution < -0.4 is 0 Å². The number of carbonyl (C=O) groups excluding carboxylic acids is 1. The first-order valence-corrected chi connectivity index (χ1v) is 8.91. The molecule has 0 saturated carbocycles. The van der Waals surface area contributed by atoms with Gasteiger partial charge in [0.2, 0.25) is 5.91 Å². The third-order valence-corrected chi connectivity index (χ3v) is 5.47. The van der Waals surface area contributed by atoms with Crippen LogP contribution in [0.2, 0.25) is 0 Å². The molecular formula is C20H28N2O. The van der Waals surface area contributed by atoms with Crippen LogP contribution in [0.25, 0.3) is 0 Å². The quantitative estimate of drug-likeness (QED) is 0.779. The molecule has 23 heavy (non-hydrogen) atoms. The fourth-order valence-electron chi connectivity index (χ4n) is 4.28. The lowest BCUT2D eigenvalue weighted by Gasteiger charge is -2.46. The van der Waals surface area contributed by atoms with Gasteiger partial charge in [-0.1, -0.05) is 36.4 Å². The van der Waals surface area contributed by atoms with E-state index in [1.807, 2.05) is 24.3 Å². The van der Waals surface area contributed by atoms with Crippen LogP contribution in [0.1, 0.15) is 37.7 Å². The molecule has 124 valence electrons. The average molecular weight is 312 g/mol. The van der Waals surface area contributed by atoms with Crippen LogP contribution in [0.5, 0.6) is 0 Å². The van der Waals surface area contributed by atoms with E-state index in [1.54, 1.807) is 0 Å². The van der Waals surface area contributed by atoms with Crippen LogP contribution in [0, 0.1) is 0 Å². The SMILES string of the molecule is C=CCN1CCCC12CCCN(C(=O)CCc1ccccc1)C2. The predicted molar refractivity (Wildman–Crippen MR) is 94.3 cm³/mol. The van der Waals surface area contributed by atoms with Gasteiger partial charge >= 0.3 is 0 Å². The number of carbonyl (C=O) groups is 1. The highest BCUT2D eigenvalue weighted by molar-refractivity contribution is 5.76. The van der Waals surface area contributed by atoms with Gasteiger partial charge in [0.15, 0.2) is 0 Å². The van der Waals surface area contributed by atoms with Gasteiger partial charge in [-0.05, 0) is 44.2 Å². The Morgan fingerprint density at radius 2 is 1.91 bits per heavy atom. The molecule has 2 fully saturated rings. The van der Waals surface area contributed by atoms with Crippen molar-refractivity contribution in [2.24, 2.45) is 0 Å². The molecule has 0 bridgehead atoms. The monoisotopic (exact) mass is 312 g/mol. The summed E-state index contributed by atoms with van der Waals surface area (Å²) in [5.41, 5.74) is 1.47. The molecular weight excluding hydrogens is 284 g/mol. The zero-order chi connectivity index (χ0) is 16.1. The smallest absolute Gasteiger partial charge is 0.222 e. The largest absolute Gasteiger partial charge is 0.341 e. The fraction of sp³-hybridized carbons (Fsp3) is 0.550. The minimum atomic E-state index is 0.217. The predicted octanol–water partition coefficient (Wildman–Crippen LogP) is 3.26. The number of aryl methyl sites for hydroxylation is 1. The van der Waals surface area contributed by atoms with Crippen molar-refractivity contribution < 1.29 is 4.79 Å². The van der Waals surface area contributed by atoms with Crippen molar-refractivity contribution in [3.05, 3.63) is 48.6 Å².